The second-order valence-corrected chi connectivity index (χ2v) is 5.33. The molecule has 0 amide bonds. The minimum Gasteiger partial charge on any atom is -0.488 e. The Kier molecular flexibility index (Phi) is 2.03. The first kappa shape index (κ1) is 11.0. The van der Waals surface area contributed by atoms with Crippen molar-refractivity contribution >= 4 is 38.8 Å². The molecule has 2 nitrogen and oxygen atoms in total. The van der Waals surface area contributed by atoms with Gasteiger partial charge in [0, 0.05) is 21.7 Å². The van der Waals surface area contributed by atoms with Crippen LogP contribution in [0.2, 0.25) is 0 Å². The van der Waals surface area contributed by atoms with Gasteiger partial charge in [0.1, 0.15) is 23.5 Å². The van der Waals surface area contributed by atoms with Crippen LogP contribution in [0.1, 0.15) is 5.56 Å². The van der Waals surface area contributed by atoms with Gasteiger partial charge < -0.3 is 9.15 Å². The second kappa shape index (κ2) is 3.89. The Labute approximate surface area is 121 Å². The van der Waals surface area contributed by atoms with Crippen molar-refractivity contribution in [1.82, 2.24) is 0 Å². The molecule has 0 saturated heterocycles. The summed E-state index contributed by atoms with van der Waals surface area (Å²) in [6.45, 7) is 0.623. The van der Waals surface area contributed by atoms with Crippen LogP contribution < -0.4 is 4.74 Å². The Bertz CT molecular complexity index is 1040. The van der Waals surface area contributed by atoms with E-state index in [-0.39, 0.29) is 0 Å². The lowest BCUT2D eigenvalue weighted by Gasteiger charge is -2.15. The molecule has 2 heterocycles. The number of hydrogen-bond acceptors (Lipinski definition) is 2. The molecule has 0 bridgehead atoms. The number of fused-ring (bicyclic) bond motifs is 7. The van der Waals surface area contributed by atoms with E-state index in [0.717, 1.165) is 38.6 Å². The predicted octanol–water partition coefficient (Wildman–Crippen LogP) is 5.14. The molecule has 1 aliphatic rings. The zero-order chi connectivity index (χ0) is 13.8. The fourth-order valence-corrected chi connectivity index (χ4v) is 3.21. The molecule has 0 aliphatic carbocycles. The second-order valence-electron chi connectivity index (χ2n) is 5.33. The average molecular weight is 272 g/mol. The van der Waals surface area contributed by atoms with Gasteiger partial charge in [0.2, 0.25) is 0 Å². The van der Waals surface area contributed by atoms with E-state index in [4.69, 9.17) is 9.15 Å². The number of furan rings is 1. The van der Waals surface area contributed by atoms with Crippen LogP contribution in [0.15, 0.2) is 59.0 Å². The van der Waals surface area contributed by atoms with Gasteiger partial charge in [-0.1, -0.05) is 42.5 Å². The molecule has 0 unspecified atom stereocenters. The maximum Gasteiger partial charge on any atom is 0.136 e. The van der Waals surface area contributed by atoms with Gasteiger partial charge in [-0.3, -0.25) is 0 Å². The molecule has 2 heteroatoms. The van der Waals surface area contributed by atoms with E-state index < -0.39 is 0 Å². The molecule has 0 radical (unpaired) electrons. The van der Waals surface area contributed by atoms with Crippen LogP contribution in [0.4, 0.5) is 0 Å². The summed E-state index contributed by atoms with van der Waals surface area (Å²) < 4.78 is 11.9. The molecule has 5 rings (SSSR count). The monoisotopic (exact) mass is 272 g/mol. The number of benzene rings is 3. The largest absolute Gasteiger partial charge is 0.488 e. The molecule has 100 valence electrons. The quantitative estimate of drug-likeness (QED) is 0.442. The molecule has 1 aromatic heterocycles. The topological polar surface area (TPSA) is 22.4 Å². The predicted molar refractivity (Wildman–Crippen MR) is 85.8 cm³/mol. The normalized spacial score (nSPS) is 13.7. The summed E-state index contributed by atoms with van der Waals surface area (Å²) >= 11 is 0. The molecule has 0 spiro atoms. The van der Waals surface area contributed by atoms with Crippen LogP contribution in [0, 0.1) is 0 Å². The van der Waals surface area contributed by atoms with E-state index in [1.165, 1.54) is 5.39 Å². The Morgan fingerprint density at radius 1 is 0.810 bits per heavy atom. The maximum absolute atomic E-state index is 5.98. The summed E-state index contributed by atoms with van der Waals surface area (Å²) in [7, 11) is 0. The molecular formula is C19H12O2. The number of hydrogen-bond donors (Lipinski definition) is 0. The van der Waals surface area contributed by atoms with Crippen LogP contribution >= 0.6 is 0 Å². The van der Waals surface area contributed by atoms with E-state index in [0.29, 0.717) is 6.61 Å². The Morgan fingerprint density at radius 2 is 1.71 bits per heavy atom. The highest BCUT2D eigenvalue weighted by Gasteiger charge is 2.16. The van der Waals surface area contributed by atoms with Crippen molar-refractivity contribution in [3.63, 3.8) is 0 Å². The van der Waals surface area contributed by atoms with Crippen LogP contribution in [0.25, 0.3) is 38.8 Å². The fourth-order valence-electron chi connectivity index (χ4n) is 3.21. The van der Waals surface area contributed by atoms with Gasteiger partial charge in [-0.15, -0.1) is 0 Å². The van der Waals surface area contributed by atoms with Gasteiger partial charge in [0.05, 0.1) is 0 Å². The lowest BCUT2D eigenvalue weighted by Crippen LogP contribution is -2.00. The summed E-state index contributed by atoms with van der Waals surface area (Å²) in [5.41, 5.74) is 2.96. The van der Waals surface area contributed by atoms with Crippen LogP contribution in [-0.4, -0.2) is 6.61 Å². The highest BCUT2D eigenvalue weighted by Crippen LogP contribution is 2.41. The van der Waals surface area contributed by atoms with Crippen molar-refractivity contribution in [2.75, 3.05) is 6.61 Å². The van der Waals surface area contributed by atoms with Crippen molar-refractivity contribution in [1.29, 1.82) is 0 Å². The molecule has 4 aromatic rings. The van der Waals surface area contributed by atoms with Crippen molar-refractivity contribution in [3.05, 3.63) is 60.2 Å². The van der Waals surface area contributed by atoms with Crippen molar-refractivity contribution in [2.45, 2.75) is 0 Å². The van der Waals surface area contributed by atoms with Crippen molar-refractivity contribution in [3.8, 4) is 5.75 Å². The molecule has 0 atom stereocenters. The van der Waals surface area contributed by atoms with E-state index >= 15 is 0 Å². The van der Waals surface area contributed by atoms with Crippen molar-refractivity contribution < 1.29 is 9.15 Å². The molecule has 0 saturated carbocycles. The highest BCUT2D eigenvalue weighted by molar-refractivity contribution is 6.21. The lowest BCUT2D eigenvalue weighted by molar-refractivity contribution is 0.363. The van der Waals surface area contributed by atoms with Crippen LogP contribution in [0.3, 0.4) is 0 Å². The third-order valence-electron chi connectivity index (χ3n) is 4.13. The SMILES string of the molecule is C1=Cc2ccc3ccc4oc5ccccc5c4c3c2OC1. The van der Waals surface area contributed by atoms with E-state index in [1.54, 1.807) is 0 Å². The molecule has 3 aromatic carbocycles. The lowest BCUT2D eigenvalue weighted by atomic mass is 9.99. The smallest absolute Gasteiger partial charge is 0.136 e. The Morgan fingerprint density at radius 3 is 2.71 bits per heavy atom. The maximum atomic E-state index is 5.98. The summed E-state index contributed by atoms with van der Waals surface area (Å²) in [4.78, 5) is 0. The average Bonchev–Trinajstić information content (AvgIpc) is 2.93. The van der Waals surface area contributed by atoms with Gasteiger partial charge in [-0.25, -0.2) is 0 Å². The van der Waals surface area contributed by atoms with Gasteiger partial charge in [-0.05, 0) is 23.6 Å². The van der Waals surface area contributed by atoms with Gasteiger partial charge in [-0.2, -0.15) is 0 Å². The highest BCUT2D eigenvalue weighted by atomic mass is 16.5. The van der Waals surface area contributed by atoms with Crippen LogP contribution in [0.5, 0.6) is 5.75 Å². The third-order valence-corrected chi connectivity index (χ3v) is 4.13. The zero-order valence-corrected chi connectivity index (χ0v) is 11.3. The van der Waals surface area contributed by atoms with Gasteiger partial charge in [0.15, 0.2) is 0 Å². The first-order valence-electron chi connectivity index (χ1n) is 7.08. The minimum atomic E-state index is 0.623. The minimum absolute atomic E-state index is 0.623. The summed E-state index contributed by atoms with van der Waals surface area (Å²) in [5, 5.41) is 4.63. The van der Waals surface area contributed by atoms with E-state index in [1.807, 2.05) is 30.3 Å². The molecule has 1 aliphatic heterocycles. The first-order valence-corrected chi connectivity index (χ1v) is 7.08. The number of rotatable bonds is 0. The molecule has 0 fully saturated rings. The standard InChI is InChI=1S/C19H12O2/c1-2-6-15-14(5-1)18-16(21-15)10-9-12-7-8-13-4-3-11-20-19(13)17(12)18/h1-10H,11H2. The number of ether oxygens (including phenoxy) is 1. The Hall–Kier alpha value is -2.74. The number of para-hydroxylation sites is 1. The third kappa shape index (κ3) is 1.42. The van der Waals surface area contributed by atoms with E-state index in [2.05, 4.69) is 30.3 Å². The zero-order valence-electron chi connectivity index (χ0n) is 11.3. The van der Waals surface area contributed by atoms with Gasteiger partial charge in [0.25, 0.3) is 0 Å². The summed E-state index contributed by atoms with van der Waals surface area (Å²) in [5.74, 6) is 0.965. The molecule has 21 heavy (non-hydrogen) atoms. The van der Waals surface area contributed by atoms with Crippen molar-refractivity contribution in [2.24, 2.45) is 0 Å². The molecular weight excluding hydrogens is 260 g/mol. The van der Waals surface area contributed by atoms with Crippen LogP contribution in [-0.2, 0) is 0 Å². The van der Waals surface area contributed by atoms with E-state index in [9.17, 15) is 0 Å². The summed E-state index contributed by atoms with van der Waals surface area (Å²) in [6.07, 6.45) is 4.17. The fraction of sp³-hybridized carbons (Fsp3) is 0.0526. The summed E-state index contributed by atoms with van der Waals surface area (Å²) in [6, 6.07) is 16.6. The van der Waals surface area contributed by atoms with Gasteiger partial charge >= 0.3 is 0 Å². The molecule has 0 N–H and O–H groups in total. The first-order chi connectivity index (χ1) is 10.4. The Balaban J connectivity index is 2.09.